The summed E-state index contributed by atoms with van der Waals surface area (Å²) in [6, 6.07) is 18.3. The van der Waals surface area contributed by atoms with Crippen LogP contribution in [0.15, 0.2) is 71.8 Å². The van der Waals surface area contributed by atoms with Gasteiger partial charge in [-0.3, -0.25) is 4.79 Å². The Labute approximate surface area is 180 Å². The highest BCUT2D eigenvalue weighted by atomic mass is 19.1. The van der Waals surface area contributed by atoms with Gasteiger partial charge in [-0.25, -0.2) is 9.82 Å². The maximum atomic E-state index is 13.0. The number of nitrogens with one attached hydrogen (secondary N) is 1. The van der Waals surface area contributed by atoms with Crippen molar-refractivity contribution < 1.29 is 23.4 Å². The minimum Gasteiger partial charge on any atom is -0.493 e. The Bertz CT molecular complexity index is 1050. The highest BCUT2D eigenvalue weighted by Gasteiger charge is 2.10. The molecule has 0 saturated heterocycles. The lowest BCUT2D eigenvalue weighted by atomic mass is 10.2. The van der Waals surface area contributed by atoms with Gasteiger partial charge in [0, 0.05) is 5.56 Å². The fourth-order valence-electron chi connectivity index (χ4n) is 2.75. The molecule has 0 bridgehead atoms. The summed E-state index contributed by atoms with van der Waals surface area (Å²) < 4.78 is 29.4. The van der Waals surface area contributed by atoms with Crippen LogP contribution in [0.2, 0.25) is 0 Å². The first-order valence-corrected chi connectivity index (χ1v) is 9.70. The van der Waals surface area contributed by atoms with E-state index < -0.39 is 0 Å². The number of ether oxygens (including phenoxy) is 3. The van der Waals surface area contributed by atoms with Gasteiger partial charge in [0.15, 0.2) is 11.5 Å². The van der Waals surface area contributed by atoms with E-state index >= 15 is 0 Å². The summed E-state index contributed by atoms with van der Waals surface area (Å²) in [7, 11) is 1.52. The molecule has 0 aliphatic rings. The Morgan fingerprint density at radius 2 is 1.84 bits per heavy atom. The van der Waals surface area contributed by atoms with Crippen molar-refractivity contribution in [2.45, 2.75) is 13.5 Å². The molecule has 7 heteroatoms. The van der Waals surface area contributed by atoms with Crippen molar-refractivity contribution in [1.29, 1.82) is 0 Å². The van der Waals surface area contributed by atoms with Crippen molar-refractivity contribution >= 4 is 12.1 Å². The monoisotopic (exact) mass is 422 g/mol. The molecular formula is C24H23FN2O4. The number of rotatable bonds is 9. The first kappa shape index (κ1) is 21.8. The molecule has 0 aliphatic carbocycles. The van der Waals surface area contributed by atoms with E-state index in [-0.39, 0.29) is 11.7 Å². The molecule has 1 amide bonds. The normalized spacial score (nSPS) is 10.7. The summed E-state index contributed by atoms with van der Waals surface area (Å²) in [5, 5.41) is 4.01. The van der Waals surface area contributed by atoms with Crippen molar-refractivity contribution in [3.05, 3.63) is 89.2 Å². The number of hydrogen-bond acceptors (Lipinski definition) is 5. The number of carbonyl (C=O) groups excluding carboxylic acids is 1. The molecule has 0 radical (unpaired) electrons. The van der Waals surface area contributed by atoms with Gasteiger partial charge in [-0.15, -0.1) is 0 Å². The minimum atomic E-state index is -0.374. The van der Waals surface area contributed by atoms with Crippen LogP contribution >= 0.6 is 0 Å². The van der Waals surface area contributed by atoms with Gasteiger partial charge in [0.2, 0.25) is 0 Å². The van der Waals surface area contributed by atoms with Crippen molar-refractivity contribution in [3.63, 3.8) is 0 Å². The van der Waals surface area contributed by atoms with Crippen LogP contribution in [0.25, 0.3) is 0 Å². The highest BCUT2D eigenvalue weighted by Crippen LogP contribution is 2.28. The van der Waals surface area contributed by atoms with Crippen LogP contribution in [0.3, 0.4) is 0 Å². The van der Waals surface area contributed by atoms with Gasteiger partial charge in [-0.1, -0.05) is 24.3 Å². The second-order valence-corrected chi connectivity index (χ2v) is 6.49. The van der Waals surface area contributed by atoms with E-state index in [1.165, 1.54) is 25.5 Å². The third-order valence-corrected chi connectivity index (χ3v) is 4.28. The van der Waals surface area contributed by atoms with Crippen LogP contribution in [-0.4, -0.2) is 25.8 Å². The standard InChI is InChI=1S/C24H23FN2O4/c1-3-30-22-12-9-19(14-23(22)29-2)24(28)27-26-15-18-5-4-6-21(13-18)31-16-17-7-10-20(25)11-8-17/h4-15H,3,16H2,1-2H3,(H,27,28)/b26-15+. The van der Waals surface area contributed by atoms with Crippen molar-refractivity contribution in [2.24, 2.45) is 5.10 Å². The Hall–Kier alpha value is -3.87. The van der Waals surface area contributed by atoms with Gasteiger partial charge in [-0.05, 0) is 60.5 Å². The number of halogens is 1. The summed E-state index contributed by atoms with van der Waals surface area (Å²) >= 11 is 0. The van der Waals surface area contributed by atoms with Crippen molar-refractivity contribution in [3.8, 4) is 17.2 Å². The molecule has 31 heavy (non-hydrogen) atoms. The summed E-state index contributed by atoms with van der Waals surface area (Å²) in [5.74, 6) is 1.02. The Morgan fingerprint density at radius 1 is 1.03 bits per heavy atom. The smallest absolute Gasteiger partial charge is 0.271 e. The van der Waals surface area contributed by atoms with E-state index in [0.717, 1.165) is 11.1 Å². The van der Waals surface area contributed by atoms with Crippen LogP contribution in [0.1, 0.15) is 28.4 Å². The second-order valence-electron chi connectivity index (χ2n) is 6.49. The van der Waals surface area contributed by atoms with Gasteiger partial charge >= 0.3 is 0 Å². The van der Waals surface area contributed by atoms with E-state index in [1.807, 2.05) is 25.1 Å². The highest BCUT2D eigenvalue weighted by molar-refractivity contribution is 5.95. The van der Waals surface area contributed by atoms with Crippen LogP contribution < -0.4 is 19.6 Å². The first-order valence-electron chi connectivity index (χ1n) is 9.70. The Morgan fingerprint density at radius 3 is 2.58 bits per heavy atom. The van der Waals surface area contributed by atoms with E-state index in [2.05, 4.69) is 10.5 Å². The number of nitrogens with zero attached hydrogens (tertiary/aromatic N) is 1. The zero-order valence-electron chi connectivity index (χ0n) is 17.3. The number of hydrazone groups is 1. The summed E-state index contributed by atoms with van der Waals surface area (Å²) in [6.07, 6.45) is 1.52. The molecule has 160 valence electrons. The average molecular weight is 422 g/mol. The summed E-state index contributed by atoms with van der Waals surface area (Å²) in [6.45, 7) is 2.69. The fourth-order valence-corrected chi connectivity index (χ4v) is 2.75. The Balaban J connectivity index is 1.58. The summed E-state index contributed by atoms with van der Waals surface area (Å²) in [4.78, 5) is 12.3. The largest absolute Gasteiger partial charge is 0.493 e. The van der Waals surface area contributed by atoms with Crippen LogP contribution in [0.5, 0.6) is 17.2 Å². The predicted octanol–water partition coefficient (Wildman–Crippen LogP) is 4.58. The molecule has 3 rings (SSSR count). The van der Waals surface area contributed by atoms with Crippen LogP contribution in [0.4, 0.5) is 4.39 Å². The molecule has 0 heterocycles. The molecule has 0 atom stereocenters. The summed E-state index contributed by atoms with van der Waals surface area (Å²) in [5.41, 5.74) is 4.50. The maximum absolute atomic E-state index is 13.0. The predicted molar refractivity (Wildman–Crippen MR) is 116 cm³/mol. The molecule has 0 unspecified atom stereocenters. The third kappa shape index (κ3) is 6.30. The molecule has 3 aromatic rings. The van der Waals surface area contributed by atoms with Crippen LogP contribution in [-0.2, 0) is 6.61 Å². The van der Waals surface area contributed by atoms with E-state index in [9.17, 15) is 9.18 Å². The minimum absolute atomic E-state index is 0.285. The van der Waals surface area contributed by atoms with E-state index in [4.69, 9.17) is 14.2 Å². The topological polar surface area (TPSA) is 69.2 Å². The SMILES string of the molecule is CCOc1ccc(C(=O)N/N=C/c2cccc(OCc3ccc(F)cc3)c2)cc1OC. The number of amides is 1. The average Bonchev–Trinajstić information content (AvgIpc) is 2.79. The van der Waals surface area contributed by atoms with Crippen LogP contribution in [0, 0.1) is 5.82 Å². The molecule has 1 N–H and O–H groups in total. The lowest BCUT2D eigenvalue weighted by molar-refractivity contribution is 0.0954. The molecule has 0 spiro atoms. The quantitative estimate of drug-likeness (QED) is 0.405. The molecule has 0 fully saturated rings. The number of carbonyl (C=O) groups is 1. The van der Waals surface area contributed by atoms with Gasteiger partial charge in [-0.2, -0.15) is 5.10 Å². The van der Waals surface area contributed by atoms with Gasteiger partial charge < -0.3 is 14.2 Å². The maximum Gasteiger partial charge on any atom is 0.271 e. The molecular weight excluding hydrogens is 399 g/mol. The van der Waals surface area contributed by atoms with Gasteiger partial charge in [0.25, 0.3) is 5.91 Å². The first-order chi connectivity index (χ1) is 15.1. The van der Waals surface area contributed by atoms with Gasteiger partial charge in [0.05, 0.1) is 19.9 Å². The van der Waals surface area contributed by atoms with E-state index in [0.29, 0.717) is 36.0 Å². The molecule has 0 saturated carbocycles. The molecule has 0 aliphatic heterocycles. The fraction of sp³-hybridized carbons (Fsp3) is 0.167. The lowest BCUT2D eigenvalue weighted by Crippen LogP contribution is -2.17. The molecule has 0 aromatic heterocycles. The molecule has 6 nitrogen and oxygen atoms in total. The van der Waals surface area contributed by atoms with Gasteiger partial charge in [0.1, 0.15) is 18.2 Å². The van der Waals surface area contributed by atoms with E-state index in [1.54, 1.807) is 36.4 Å². The zero-order valence-corrected chi connectivity index (χ0v) is 17.3. The van der Waals surface area contributed by atoms with Crippen molar-refractivity contribution in [1.82, 2.24) is 5.43 Å². The molecule has 3 aromatic carbocycles. The number of methoxy groups -OCH3 is 1. The van der Waals surface area contributed by atoms with Crippen molar-refractivity contribution in [2.75, 3.05) is 13.7 Å². The second kappa shape index (κ2) is 10.8. The Kier molecular flexibility index (Phi) is 7.59. The zero-order chi connectivity index (χ0) is 22.1. The lowest BCUT2D eigenvalue weighted by Gasteiger charge is -2.10. The number of hydrogen-bond donors (Lipinski definition) is 1. The number of benzene rings is 3. The third-order valence-electron chi connectivity index (χ3n) is 4.28.